The molecule has 0 radical (unpaired) electrons. The molecule has 3 aromatic rings. The number of phenolic OH excluding ortho intramolecular Hbond substituents is 1. The van der Waals surface area contributed by atoms with Crippen molar-refractivity contribution in [2.45, 2.75) is 31.1 Å². The van der Waals surface area contributed by atoms with Gasteiger partial charge in [-0.3, -0.25) is 4.79 Å². The molecule has 4 heterocycles. The summed E-state index contributed by atoms with van der Waals surface area (Å²) in [5.41, 5.74) is 3.33. The zero-order valence-electron chi connectivity index (χ0n) is 20.6. The first-order chi connectivity index (χ1) is 17.6. The number of carbonyl (C=O) groups is 1. The first kappa shape index (κ1) is 23.0. The summed E-state index contributed by atoms with van der Waals surface area (Å²) in [6.07, 6.45) is 5.49. The molecule has 1 aromatic heterocycles. The number of hydrogen-bond donors (Lipinski definition) is 2. The summed E-state index contributed by atoms with van der Waals surface area (Å²) in [6, 6.07) is 19.5. The lowest BCUT2D eigenvalue weighted by Crippen LogP contribution is -2.61. The zero-order valence-corrected chi connectivity index (χ0v) is 20.6. The number of piperidine rings is 2. The number of nitrogens with one attached hydrogen (secondary N) is 1. The maximum absolute atomic E-state index is 14.2. The summed E-state index contributed by atoms with van der Waals surface area (Å²) in [6.45, 7) is 5.42. The van der Waals surface area contributed by atoms with Gasteiger partial charge in [-0.25, -0.2) is 0 Å². The minimum absolute atomic E-state index is 0.192. The number of benzene rings is 2. The van der Waals surface area contributed by atoms with Crippen molar-refractivity contribution >= 4 is 11.6 Å². The lowest BCUT2D eigenvalue weighted by Gasteiger charge is -2.50. The Bertz CT molecular complexity index is 1230. The number of nitrogens with zero attached hydrogens (tertiary/aromatic N) is 4. The van der Waals surface area contributed by atoms with Crippen LogP contribution in [0.2, 0.25) is 0 Å². The zero-order chi connectivity index (χ0) is 24.6. The van der Waals surface area contributed by atoms with Crippen LogP contribution in [0.5, 0.6) is 5.75 Å². The van der Waals surface area contributed by atoms with Gasteiger partial charge >= 0.3 is 0 Å². The molecule has 7 heteroatoms. The van der Waals surface area contributed by atoms with Crippen LogP contribution in [0.15, 0.2) is 66.9 Å². The van der Waals surface area contributed by atoms with Gasteiger partial charge in [0.25, 0.3) is 0 Å². The third-order valence-corrected chi connectivity index (χ3v) is 8.65. The number of para-hydroxylation sites is 1. The highest BCUT2D eigenvalue weighted by Gasteiger charge is 2.48. The van der Waals surface area contributed by atoms with Crippen LogP contribution in [0.25, 0.3) is 11.3 Å². The highest BCUT2D eigenvalue weighted by molar-refractivity contribution is 5.89. The van der Waals surface area contributed by atoms with E-state index in [2.05, 4.69) is 37.4 Å². The molecular weight excluding hydrogens is 450 g/mol. The van der Waals surface area contributed by atoms with E-state index in [0.717, 1.165) is 76.2 Å². The number of carbonyl (C=O) groups excluding carboxylic acids is 1. The lowest BCUT2D eigenvalue weighted by atomic mass is 9.69. The van der Waals surface area contributed by atoms with Crippen LogP contribution in [0.3, 0.4) is 0 Å². The van der Waals surface area contributed by atoms with E-state index in [1.165, 1.54) is 0 Å². The molecule has 0 aliphatic carbocycles. The van der Waals surface area contributed by atoms with E-state index < -0.39 is 5.41 Å². The first-order valence-corrected chi connectivity index (χ1v) is 13.0. The molecule has 186 valence electrons. The second-order valence-corrected chi connectivity index (χ2v) is 10.6. The van der Waals surface area contributed by atoms with Crippen LogP contribution in [0, 0.1) is 5.41 Å². The number of anilines is 1. The summed E-state index contributed by atoms with van der Waals surface area (Å²) in [5.74, 6) is 0.482. The van der Waals surface area contributed by atoms with E-state index in [1.807, 2.05) is 36.4 Å². The monoisotopic (exact) mass is 483 g/mol. The Labute approximate surface area is 212 Å². The highest BCUT2D eigenvalue weighted by atomic mass is 16.3. The SMILES string of the molecule is O=C(N1CCC2(CC1)CNC2)C1(c2ccccc2)CCN(c2cnnc(-c3ccccc3O)c2)CC1. The van der Waals surface area contributed by atoms with Crippen LogP contribution < -0.4 is 10.2 Å². The molecule has 1 amide bonds. The molecule has 0 unspecified atom stereocenters. The van der Waals surface area contributed by atoms with E-state index in [1.54, 1.807) is 18.3 Å². The van der Waals surface area contributed by atoms with E-state index in [4.69, 9.17) is 0 Å². The number of phenols is 1. The van der Waals surface area contributed by atoms with Gasteiger partial charge in [-0.2, -0.15) is 10.2 Å². The molecular formula is C29H33N5O2. The van der Waals surface area contributed by atoms with E-state index in [-0.39, 0.29) is 5.75 Å². The van der Waals surface area contributed by atoms with Gasteiger partial charge in [0.05, 0.1) is 23.0 Å². The number of aromatic hydroxyl groups is 1. The largest absolute Gasteiger partial charge is 0.507 e. The fourth-order valence-electron chi connectivity index (χ4n) is 6.20. The van der Waals surface area contributed by atoms with Gasteiger partial charge in [-0.15, -0.1) is 0 Å². The Balaban J connectivity index is 1.23. The first-order valence-electron chi connectivity index (χ1n) is 13.0. The Hall–Kier alpha value is -3.45. The van der Waals surface area contributed by atoms with Gasteiger partial charge < -0.3 is 20.2 Å². The topological polar surface area (TPSA) is 81.6 Å². The third-order valence-electron chi connectivity index (χ3n) is 8.65. The van der Waals surface area contributed by atoms with Crippen molar-refractivity contribution in [3.05, 3.63) is 72.4 Å². The summed E-state index contributed by atoms with van der Waals surface area (Å²) in [4.78, 5) is 18.6. The molecule has 36 heavy (non-hydrogen) atoms. The minimum atomic E-state index is -0.499. The molecule has 0 atom stereocenters. The van der Waals surface area contributed by atoms with Gasteiger partial charge in [-0.05, 0) is 54.9 Å². The van der Waals surface area contributed by atoms with E-state index in [0.29, 0.717) is 22.6 Å². The van der Waals surface area contributed by atoms with Crippen LogP contribution in [-0.4, -0.2) is 65.4 Å². The molecule has 6 rings (SSSR count). The quantitative estimate of drug-likeness (QED) is 0.590. The minimum Gasteiger partial charge on any atom is -0.507 e. The number of likely N-dealkylation sites (tertiary alicyclic amines) is 1. The Morgan fingerprint density at radius 3 is 2.25 bits per heavy atom. The standard InChI is InChI=1S/C29H33N5O2/c35-26-9-5-4-8-24(26)25-18-23(19-31-32-25)33-16-12-29(13-17-33,22-6-2-1-3-7-22)27(36)34-14-10-28(11-15-34)20-30-21-28/h1-9,18-19,30,35H,10-17,20-21H2. The summed E-state index contributed by atoms with van der Waals surface area (Å²) in [7, 11) is 0. The third kappa shape index (κ3) is 4.01. The maximum atomic E-state index is 14.2. The molecule has 2 aromatic carbocycles. The fraction of sp³-hybridized carbons (Fsp3) is 0.414. The van der Waals surface area contributed by atoms with Crippen LogP contribution in [-0.2, 0) is 10.2 Å². The van der Waals surface area contributed by atoms with E-state index in [9.17, 15) is 9.90 Å². The lowest BCUT2D eigenvalue weighted by molar-refractivity contribution is -0.141. The number of hydrogen-bond acceptors (Lipinski definition) is 6. The summed E-state index contributed by atoms with van der Waals surface area (Å²) >= 11 is 0. The molecule has 3 fully saturated rings. The molecule has 3 saturated heterocycles. The van der Waals surface area contributed by atoms with E-state index >= 15 is 0 Å². The number of amides is 1. The Morgan fingerprint density at radius 1 is 0.889 bits per heavy atom. The van der Waals surface area contributed by atoms with Gasteiger partial charge in [-0.1, -0.05) is 42.5 Å². The second-order valence-electron chi connectivity index (χ2n) is 10.6. The van der Waals surface area contributed by atoms with Crippen molar-refractivity contribution in [1.29, 1.82) is 0 Å². The Kier molecular flexibility index (Phi) is 5.88. The van der Waals surface area contributed by atoms with Crippen molar-refractivity contribution in [2.75, 3.05) is 44.2 Å². The Morgan fingerprint density at radius 2 is 1.58 bits per heavy atom. The molecule has 0 bridgehead atoms. The van der Waals surface area contributed by atoms with Gasteiger partial charge in [0, 0.05) is 44.8 Å². The molecule has 3 aliphatic rings. The van der Waals surface area contributed by atoms with Crippen molar-refractivity contribution in [1.82, 2.24) is 20.4 Å². The van der Waals surface area contributed by atoms with Gasteiger partial charge in [0.1, 0.15) is 5.75 Å². The van der Waals surface area contributed by atoms with Crippen molar-refractivity contribution < 1.29 is 9.90 Å². The average molecular weight is 484 g/mol. The highest BCUT2D eigenvalue weighted by Crippen LogP contribution is 2.42. The molecule has 3 aliphatic heterocycles. The number of aromatic nitrogens is 2. The molecule has 1 spiro atoms. The van der Waals surface area contributed by atoms with Crippen molar-refractivity contribution in [3.63, 3.8) is 0 Å². The fourth-order valence-corrected chi connectivity index (χ4v) is 6.20. The second kappa shape index (κ2) is 9.21. The predicted octanol–water partition coefficient (Wildman–Crippen LogP) is 3.60. The molecule has 2 N–H and O–H groups in total. The van der Waals surface area contributed by atoms with Crippen molar-refractivity contribution in [3.8, 4) is 17.0 Å². The molecule has 0 saturated carbocycles. The van der Waals surface area contributed by atoms with Gasteiger partial charge in [0.15, 0.2) is 0 Å². The predicted molar refractivity (Wildman–Crippen MR) is 140 cm³/mol. The average Bonchev–Trinajstić information content (AvgIpc) is 2.93. The smallest absolute Gasteiger partial charge is 0.233 e. The summed E-state index contributed by atoms with van der Waals surface area (Å²) < 4.78 is 0. The summed E-state index contributed by atoms with van der Waals surface area (Å²) in [5, 5.41) is 22.2. The van der Waals surface area contributed by atoms with Gasteiger partial charge in [0.2, 0.25) is 5.91 Å². The van der Waals surface area contributed by atoms with Crippen LogP contribution in [0.4, 0.5) is 5.69 Å². The maximum Gasteiger partial charge on any atom is 0.233 e. The van der Waals surface area contributed by atoms with Crippen LogP contribution in [0.1, 0.15) is 31.2 Å². The van der Waals surface area contributed by atoms with Crippen molar-refractivity contribution in [2.24, 2.45) is 5.41 Å². The number of rotatable bonds is 4. The normalized spacial score (nSPS) is 20.7. The van der Waals surface area contributed by atoms with Crippen LogP contribution >= 0.6 is 0 Å². The molecule has 7 nitrogen and oxygen atoms in total.